The summed E-state index contributed by atoms with van der Waals surface area (Å²) in [4.78, 5) is 3.72. The Morgan fingerprint density at radius 2 is 2.29 bits per heavy atom. The van der Waals surface area contributed by atoms with Gasteiger partial charge in [0.25, 0.3) is 6.43 Å². The van der Waals surface area contributed by atoms with Crippen LogP contribution < -0.4 is 5.73 Å². The SMILES string of the molecule is Cc1c(C#N)cnc(CN)c1C(F)F. The van der Waals surface area contributed by atoms with Gasteiger partial charge in [-0.25, -0.2) is 8.78 Å². The third-order valence-corrected chi connectivity index (χ3v) is 2.00. The fourth-order valence-corrected chi connectivity index (χ4v) is 1.24. The molecule has 1 aromatic rings. The molecule has 0 spiro atoms. The van der Waals surface area contributed by atoms with E-state index in [0.717, 1.165) is 0 Å². The van der Waals surface area contributed by atoms with E-state index in [0.29, 0.717) is 0 Å². The minimum absolute atomic E-state index is 0.0494. The minimum Gasteiger partial charge on any atom is -0.325 e. The van der Waals surface area contributed by atoms with Gasteiger partial charge in [0.15, 0.2) is 0 Å². The number of hydrogen-bond acceptors (Lipinski definition) is 3. The smallest absolute Gasteiger partial charge is 0.265 e. The van der Waals surface area contributed by atoms with Gasteiger partial charge in [0.2, 0.25) is 0 Å². The highest BCUT2D eigenvalue weighted by atomic mass is 19.3. The van der Waals surface area contributed by atoms with E-state index in [1.165, 1.54) is 13.1 Å². The van der Waals surface area contributed by atoms with Crippen molar-refractivity contribution in [2.45, 2.75) is 19.9 Å². The zero-order valence-corrected chi connectivity index (χ0v) is 7.59. The second-order valence-corrected chi connectivity index (χ2v) is 2.77. The van der Waals surface area contributed by atoms with Gasteiger partial charge in [0.1, 0.15) is 6.07 Å². The lowest BCUT2D eigenvalue weighted by molar-refractivity contribution is 0.149. The highest BCUT2D eigenvalue weighted by molar-refractivity contribution is 5.42. The van der Waals surface area contributed by atoms with Crippen LogP contribution in [0.1, 0.15) is 28.8 Å². The Labute approximate surface area is 80.2 Å². The molecule has 2 N–H and O–H groups in total. The summed E-state index contributed by atoms with van der Waals surface area (Å²) < 4.78 is 25.2. The first-order valence-electron chi connectivity index (χ1n) is 3.98. The van der Waals surface area contributed by atoms with E-state index >= 15 is 0 Å². The normalized spacial score (nSPS) is 10.3. The minimum atomic E-state index is -2.64. The Kier molecular flexibility index (Phi) is 3.10. The van der Waals surface area contributed by atoms with Gasteiger partial charge in [0, 0.05) is 18.3 Å². The number of hydrogen-bond donors (Lipinski definition) is 1. The zero-order valence-electron chi connectivity index (χ0n) is 7.59. The Hall–Kier alpha value is -1.54. The van der Waals surface area contributed by atoms with Gasteiger partial charge in [-0.05, 0) is 12.5 Å². The van der Waals surface area contributed by atoms with Crippen LogP contribution in [0.5, 0.6) is 0 Å². The molecule has 0 saturated carbocycles. The maximum absolute atomic E-state index is 12.6. The summed E-state index contributed by atoms with van der Waals surface area (Å²) in [5.41, 5.74) is 5.63. The Bertz CT molecular complexity index is 382. The summed E-state index contributed by atoms with van der Waals surface area (Å²) in [6.45, 7) is 1.42. The Morgan fingerprint density at radius 1 is 1.64 bits per heavy atom. The predicted octanol–water partition coefficient (Wildman–Crippen LogP) is 1.66. The Morgan fingerprint density at radius 3 is 2.71 bits per heavy atom. The zero-order chi connectivity index (χ0) is 10.7. The quantitative estimate of drug-likeness (QED) is 0.784. The van der Waals surface area contributed by atoms with Crippen LogP contribution in [0, 0.1) is 18.3 Å². The number of aromatic nitrogens is 1. The van der Waals surface area contributed by atoms with Crippen LogP contribution in [0.2, 0.25) is 0 Å². The molecule has 0 aliphatic carbocycles. The highest BCUT2D eigenvalue weighted by Gasteiger charge is 2.18. The molecule has 0 unspecified atom stereocenters. The van der Waals surface area contributed by atoms with Crippen molar-refractivity contribution in [2.24, 2.45) is 5.73 Å². The van der Waals surface area contributed by atoms with E-state index in [1.807, 2.05) is 0 Å². The van der Waals surface area contributed by atoms with Gasteiger partial charge >= 0.3 is 0 Å². The van der Waals surface area contributed by atoms with Gasteiger partial charge in [0.05, 0.1) is 11.3 Å². The summed E-state index contributed by atoms with van der Waals surface area (Å²) in [7, 11) is 0. The lowest BCUT2D eigenvalue weighted by Gasteiger charge is -2.10. The molecule has 74 valence electrons. The molecular formula is C9H9F2N3. The molecular weight excluding hydrogens is 188 g/mol. The van der Waals surface area contributed by atoms with Gasteiger partial charge < -0.3 is 5.73 Å². The lowest BCUT2D eigenvalue weighted by Crippen LogP contribution is -2.08. The van der Waals surface area contributed by atoms with Gasteiger partial charge in [-0.1, -0.05) is 0 Å². The van der Waals surface area contributed by atoms with E-state index in [-0.39, 0.29) is 28.9 Å². The monoisotopic (exact) mass is 197 g/mol. The van der Waals surface area contributed by atoms with Crippen LogP contribution >= 0.6 is 0 Å². The summed E-state index contributed by atoms with van der Waals surface area (Å²) >= 11 is 0. The maximum atomic E-state index is 12.6. The van der Waals surface area contributed by atoms with Gasteiger partial charge in [-0.3, -0.25) is 4.98 Å². The summed E-state index contributed by atoms with van der Waals surface area (Å²) in [5, 5.41) is 8.62. The molecule has 1 rings (SSSR count). The van der Waals surface area contributed by atoms with E-state index in [2.05, 4.69) is 4.98 Å². The van der Waals surface area contributed by atoms with Crippen LogP contribution in [-0.4, -0.2) is 4.98 Å². The lowest BCUT2D eigenvalue weighted by atomic mass is 10.0. The van der Waals surface area contributed by atoms with Gasteiger partial charge in [-0.2, -0.15) is 5.26 Å². The van der Waals surface area contributed by atoms with Crippen molar-refractivity contribution < 1.29 is 8.78 Å². The van der Waals surface area contributed by atoms with Crippen molar-refractivity contribution in [2.75, 3.05) is 0 Å². The van der Waals surface area contributed by atoms with E-state index < -0.39 is 6.43 Å². The van der Waals surface area contributed by atoms with E-state index in [1.54, 1.807) is 6.07 Å². The number of nitrogens with two attached hydrogens (primary N) is 1. The number of nitriles is 1. The largest absolute Gasteiger partial charge is 0.325 e. The first-order valence-corrected chi connectivity index (χ1v) is 3.98. The molecule has 0 bridgehead atoms. The number of alkyl halides is 2. The van der Waals surface area contributed by atoms with Crippen LogP contribution in [0.3, 0.4) is 0 Å². The van der Waals surface area contributed by atoms with Gasteiger partial charge in [-0.15, -0.1) is 0 Å². The molecule has 0 atom stereocenters. The molecule has 0 radical (unpaired) electrons. The number of nitrogens with zero attached hydrogens (tertiary/aromatic N) is 2. The summed E-state index contributed by atoms with van der Waals surface area (Å²) in [6, 6.07) is 1.81. The molecule has 1 aromatic heterocycles. The average molecular weight is 197 g/mol. The molecule has 0 amide bonds. The molecule has 3 nitrogen and oxygen atoms in total. The number of halogens is 2. The third-order valence-electron chi connectivity index (χ3n) is 2.00. The molecule has 0 aromatic carbocycles. The third kappa shape index (κ3) is 1.70. The van der Waals surface area contributed by atoms with E-state index in [4.69, 9.17) is 11.0 Å². The second-order valence-electron chi connectivity index (χ2n) is 2.77. The average Bonchev–Trinajstić information content (AvgIpc) is 2.16. The molecule has 5 heteroatoms. The second kappa shape index (κ2) is 4.11. The van der Waals surface area contributed by atoms with Crippen LogP contribution in [0.15, 0.2) is 6.20 Å². The first kappa shape index (κ1) is 10.5. The Balaban J connectivity index is 3.41. The number of pyridine rings is 1. The standard InChI is InChI=1S/C9H9F2N3/c1-5-6(2-12)4-14-7(3-13)8(5)9(10)11/h4,9H,3,13H2,1H3. The molecule has 0 saturated heterocycles. The van der Waals surface area contributed by atoms with Crippen molar-refractivity contribution in [3.8, 4) is 6.07 Å². The summed E-state index contributed by atoms with van der Waals surface area (Å²) in [6.07, 6.45) is -1.38. The predicted molar refractivity (Wildman–Crippen MR) is 46.5 cm³/mol. The maximum Gasteiger partial charge on any atom is 0.265 e. The van der Waals surface area contributed by atoms with Crippen molar-refractivity contribution >= 4 is 0 Å². The van der Waals surface area contributed by atoms with Crippen LogP contribution in [-0.2, 0) is 6.54 Å². The fourth-order valence-electron chi connectivity index (χ4n) is 1.24. The van der Waals surface area contributed by atoms with Crippen molar-refractivity contribution in [3.05, 3.63) is 28.6 Å². The molecule has 14 heavy (non-hydrogen) atoms. The molecule has 0 aliphatic rings. The number of rotatable bonds is 2. The van der Waals surface area contributed by atoms with Crippen molar-refractivity contribution in [3.63, 3.8) is 0 Å². The van der Waals surface area contributed by atoms with Crippen LogP contribution in [0.4, 0.5) is 8.78 Å². The van der Waals surface area contributed by atoms with Crippen molar-refractivity contribution in [1.82, 2.24) is 4.98 Å². The van der Waals surface area contributed by atoms with Crippen molar-refractivity contribution in [1.29, 1.82) is 5.26 Å². The van der Waals surface area contributed by atoms with E-state index in [9.17, 15) is 8.78 Å². The molecule has 0 fully saturated rings. The highest BCUT2D eigenvalue weighted by Crippen LogP contribution is 2.26. The summed E-state index contributed by atoms with van der Waals surface area (Å²) in [5.74, 6) is 0. The van der Waals surface area contributed by atoms with Crippen LogP contribution in [0.25, 0.3) is 0 Å². The first-order chi connectivity index (χ1) is 6.61. The molecule has 1 heterocycles. The molecule has 0 aliphatic heterocycles. The topological polar surface area (TPSA) is 62.7 Å². The fraction of sp³-hybridized carbons (Fsp3) is 0.333.